The number of nitrogens with zero attached hydrogens (tertiary/aromatic N) is 2. The van der Waals surface area contributed by atoms with Crippen molar-refractivity contribution in [1.82, 2.24) is 20.1 Å². The van der Waals surface area contributed by atoms with Gasteiger partial charge in [0.25, 0.3) is 11.5 Å². The third-order valence-electron chi connectivity index (χ3n) is 5.67. The highest BCUT2D eigenvalue weighted by Gasteiger charge is 2.39. The molecule has 1 unspecified atom stereocenters. The van der Waals surface area contributed by atoms with Gasteiger partial charge in [-0.2, -0.15) is 0 Å². The molecule has 1 aromatic heterocycles. The number of hydrogen-bond acceptors (Lipinski definition) is 3. The zero-order valence-electron chi connectivity index (χ0n) is 16.4. The maximum Gasteiger partial charge on any atom is 0.252 e. The fourth-order valence-corrected chi connectivity index (χ4v) is 4.88. The van der Waals surface area contributed by atoms with Crippen LogP contribution >= 0.6 is 47.0 Å². The van der Waals surface area contributed by atoms with Gasteiger partial charge in [0.1, 0.15) is 6.17 Å². The van der Waals surface area contributed by atoms with Crippen LogP contribution in [0.15, 0.2) is 53.3 Å². The van der Waals surface area contributed by atoms with Crippen molar-refractivity contribution in [3.8, 4) is 0 Å². The largest absolute Gasteiger partial charge is 0.348 e. The number of piperidine rings is 1. The number of pyridine rings is 1. The summed E-state index contributed by atoms with van der Waals surface area (Å²) < 4.78 is 0.0386. The fraction of sp³-hybridized carbons (Fsp3) is 0.381. The van der Waals surface area contributed by atoms with E-state index in [0.717, 1.165) is 12.1 Å². The topological polar surface area (TPSA) is 66.4 Å². The number of alkyl halides is 3. The van der Waals surface area contributed by atoms with Gasteiger partial charge in [-0.25, -0.2) is 0 Å². The Bertz CT molecular complexity index is 1040. The second-order valence-electron chi connectivity index (χ2n) is 7.87. The van der Waals surface area contributed by atoms with Gasteiger partial charge in [-0.1, -0.05) is 59.1 Å². The van der Waals surface area contributed by atoms with Crippen LogP contribution in [0, 0.1) is 5.92 Å². The zero-order chi connectivity index (χ0) is 22.2. The van der Waals surface area contributed by atoms with E-state index < -0.39 is 9.96 Å². The molecule has 10 heteroatoms. The van der Waals surface area contributed by atoms with Crippen molar-refractivity contribution in [2.45, 2.75) is 28.8 Å². The fourth-order valence-electron chi connectivity index (χ4n) is 4.28. The van der Waals surface area contributed by atoms with Crippen molar-refractivity contribution in [3.63, 3.8) is 0 Å². The third-order valence-corrected chi connectivity index (χ3v) is 6.70. The summed E-state index contributed by atoms with van der Waals surface area (Å²) in [5.41, 5.74) is 1.50. The summed E-state index contributed by atoms with van der Waals surface area (Å²) in [5, 5.41) is 6.12. The lowest BCUT2D eigenvalue weighted by molar-refractivity contribution is 0.0932. The van der Waals surface area contributed by atoms with E-state index >= 15 is 0 Å². The van der Waals surface area contributed by atoms with Crippen molar-refractivity contribution in [3.05, 3.63) is 70.1 Å². The molecular weight excluding hydrogens is 479 g/mol. The molecule has 2 aliphatic rings. The second kappa shape index (κ2) is 8.98. The normalized spacial score (nSPS) is 21.1. The summed E-state index contributed by atoms with van der Waals surface area (Å²) in [5.74, 6) is 0.0959. The lowest BCUT2D eigenvalue weighted by Crippen LogP contribution is -2.60. The molecule has 1 saturated heterocycles. The van der Waals surface area contributed by atoms with Crippen LogP contribution in [0.3, 0.4) is 0 Å². The first-order valence-corrected chi connectivity index (χ1v) is 11.4. The number of hydrogen-bond donors (Lipinski definition) is 2. The molecule has 3 heterocycles. The molecule has 0 aliphatic carbocycles. The molecule has 2 N–H and O–H groups in total. The Hall–Kier alpha value is -1.80. The summed E-state index contributed by atoms with van der Waals surface area (Å²) in [6.45, 7) is 1.98. The minimum Gasteiger partial charge on any atom is -0.348 e. The molecule has 0 spiro atoms. The predicted octanol–water partition coefficient (Wildman–Crippen LogP) is 3.27. The highest BCUT2D eigenvalue weighted by Crippen LogP contribution is 2.35. The van der Waals surface area contributed by atoms with E-state index in [-0.39, 0.29) is 23.3 Å². The molecule has 2 aromatic rings. The summed E-state index contributed by atoms with van der Waals surface area (Å²) >= 11 is 24.0. The first-order chi connectivity index (χ1) is 14.7. The number of amides is 1. The van der Waals surface area contributed by atoms with E-state index in [1.54, 1.807) is 36.4 Å². The van der Waals surface area contributed by atoms with Gasteiger partial charge in [-0.3, -0.25) is 9.59 Å². The number of carbonyl (C=O) groups is 1. The Kier molecular flexibility index (Phi) is 6.49. The minimum absolute atomic E-state index is 0.0289. The number of fused-ring (bicyclic) bond motifs is 4. The number of carbonyl (C=O) groups excluding carboxylic acids is 1. The van der Waals surface area contributed by atoms with E-state index in [1.807, 2.05) is 21.6 Å². The highest BCUT2D eigenvalue weighted by molar-refractivity contribution is 7.80. The van der Waals surface area contributed by atoms with Gasteiger partial charge in [-0.05, 0) is 42.8 Å². The molecule has 164 valence electrons. The minimum atomic E-state index is -1.82. The molecule has 31 heavy (non-hydrogen) atoms. The van der Waals surface area contributed by atoms with Crippen LogP contribution in [0.4, 0.5) is 0 Å². The maximum absolute atomic E-state index is 12.6. The number of benzene rings is 1. The van der Waals surface area contributed by atoms with Crippen molar-refractivity contribution in [2.75, 3.05) is 13.1 Å². The average molecular weight is 500 g/mol. The summed E-state index contributed by atoms with van der Waals surface area (Å²) in [7, 11) is 0. The number of nitrogens with one attached hydrogen (secondary N) is 2. The van der Waals surface area contributed by atoms with E-state index in [4.69, 9.17) is 47.0 Å². The summed E-state index contributed by atoms with van der Waals surface area (Å²) in [4.78, 5) is 26.8. The Labute approximate surface area is 200 Å². The van der Waals surface area contributed by atoms with Gasteiger partial charge in [0.2, 0.25) is 3.79 Å². The number of rotatable bonds is 3. The number of halogens is 3. The van der Waals surface area contributed by atoms with E-state index in [1.165, 1.54) is 0 Å². The van der Waals surface area contributed by atoms with Crippen LogP contribution in [0.1, 0.15) is 28.4 Å². The number of likely N-dealkylation sites (tertiary alicyclic amines) is 1. The first kappa shape index (κ1) is 22.4. The average Bonchev–Trinajstić information content (AvgIpc) is 2.73. The number of thiocarbonyl (C=S) groups is 1. The zero-order valence-corrected chi connectivity index (χ0v) is 19.5. The highest BCUT2D eigenvalue weighted by atomic mass is 35.6. The first-order valence-electron chi connectivity index (χ1n) is 9.90. The van der Waals surface area contributed by atoms with Crippen molar-refractivity contribution in [2.24, 2.45) is 5.92 Å². The molecule has 6 nitrogen and oxygen atoms in total. The van der Waals surface area contributed by atoms with Crippen molar-refractivity contribution in [1.29, 1.82) is 0 Å². The van der Waals surface area contributed by atoms with Gasteiger partial charge in [0, 0.05) is 42.9 Å². The molecule has 1 aromatic carbocycles. The Morgan fingerprint density at radius 3 is 2.48 bits per heavy atom. The van der Waals surface area contributed by atoms with Crippen LogP contribution in [-0.2, 0) is 6.54 Å². The summed E-state index contributed by atoms with van der Waals surface area (Å²) in [6.07, 6.45) is -0.0179. The summed E-state index contributed by atoms with van der Waals surface area (Å²) in [6, 6.07) is 14.1. The molecule has 1 fully saturated rings. The number of aromatic nitrogens is 1. The van der Waals surface area contributed by atoms with Crippen LogP contribution in [0.2, 0.25) is 0 Å². The SMILES string of the molecule is O=C(NC(NC(=S)N1C[C@@H]2C[C@@H](C1)c1cccc(=O)n1C2)C(Cl)(Cl)Cl)c1ccccc1. The lowest BCUT2D eigenvalue weighted by Gasteiger charge is -2.44. The molecule has 0 radical (unpaired) electrons. The van der Waals surface area contributed by atoms with Crippen LogP contribution < -0.4 is 16.2 Å². The molecule has 2 aliphatic heterocycles. The lowest BCUT2D eigenvalue weighted by atomic mass is 9.83. The Morgan fingerprint density at radius 1 is 1.03 bits per heavy atom. The van der Waals surface area contributed by atoms with Gasteiger partial charge in [-0.15, -0.1) is 0 Å². The smallest absolute Gasteiger partial charge is 0.252 e. The molecular formula is C21H21Cl3N4O2S. The second-order valence-corrected chi connectivity index (χ2v) is 10.6. The Balaban J connectivity index is 1.47. The standard InChI is InChI=1S/C21H21Cl3N4O2S/c22-21(23,24)19(25-18(30)14-5-2-1-3-6-14)26-20(31)27-10-13-9-15(12-27)16-7-4-8-17(29)28(16)11-13/h1-8,13,15,19H,9-12H2,(H,25,30)(H,26,31)/t13-,15-,19?/m0/s1. The Morgan fingerprint density at radius 2 is 1.77 bits per heavy atom. The van der Waals surface area contributed by atoms with Gasteiger partial charge >= 0.3 is 0 Å². The van der Waals surface area contributed by atoms with Gasteiger partial charge < -0.3 is 20.1 Å². The van der Waals surface area contributed by atoms with Crippen molar-refractivity contribution < 1.29 is 4.79 Å². The van der Waals surface area contributed by atoms with Crippen molar-refractivity contribution >= 4 is 58.0 Å². The van der Waals surface area contributed by atoms with E-state index in [0.29, 0.717) is 30.3 Å². The monoisotopic (exact) mass is 498 g/mol. The van der Waals surface area contributed by atoms with E-state index in [9.17, 15) is 9.59 Å². The maximum atomic E-state index is 12.6. The quantitative estimate of drug-likeness (QED) is 0.385. The molecule has 1 amide bonds. The van der Waals surface area contributed by atoms with Crippen LogP contribution in [0.5, 0.6) is 0 Å². The molecule has 2 bridgehead atoms. The molecule has 3 atom stereocenters. The van der Waals surface area contributed by atoms with Gasteiger partial charge in [0.15, 0.2) is 5.11 Å². The van der Waals surface area contributed by atoms with Crippen LogP contribution in [0.25, 0.3) is 0 Å². The molecule has 0 saturated carbocycles. The van der Waals surface area contributed by atoms with E-state index in [2.05, 4.69) is 10.6 Å². The van der Waals surface area contributed by atoms with Gasteiger partial charge in [0.05, 0.1) is 0 Å². The predicted molar refractivity (Wildman–Crippen MR) is 127 cm³/mol. The van der Waals surface area contributed by atoms with Crippen LogP contribution in [-0.4, -0.2) is 43.5 Å². The third kappa shape index (κ3) is 5.00. The molecule has 4 rings (SSSR count).